The van der Waals surface area contributed by atoms with E-state index in [9.17, 15) is 19.4 Å². The van der Waals surface area contributed by atoms with Crippen LogP contribution in [0.3, 0.4) is 0 Å². The van der Waals surface area contributed by atoms with E-state index in [0.29, 0.717) is 23.9 Å². The molecule has 0 saturated heterocycles. The fourth-order valence-corrected chi connectivity index (χ4v) is 7.11. The maximum Gasteiger partial charge on any atom is 0.472 e. The third-order valence-electron chi connectivity index (χ3n) is 9.95. The summed E-state index contributed by atoms with van der Waals surface area (Å²) in [5.41, 5.74) is 0. The number of rotatable bonds is 40. The van der Waals surface area contributed by atoms with Crippen molar-refractivity contribution in [2.45, 2.75) is 212 Å². The monoisotopic (exact) mass is 772 g/mol. The molecule has 0 aromatic rings. The van der Waals surface area contributed by atoms with Crippen LogP contribution in [0.25, 0.3) is 0 Å². The lowest BCUT2D eigenvalue weighted by Gasteiger charge is -2.26. The van der Waals surface area contributed by atoms with Crippen LogP contribution < -0.4 is 5.32 Å². The van der Waals surface area contributed by atoms with Gasteiger partial charge in [-0.3, -0.25) is 13.8 Å². The molecular formula is C44H88N2O6P+. The molecule has 0 aliphatic carbocycles. The van der Waals surface area contributed by atoms with Gasteiger partial charge >= 0.3 is 7.82 Å². The standard InChI is InChI=1S/C44H87N2O6P/c1-6-8-10-12-14-16-17-18-19-20-21-22-23-24-25-26-27-28-29-30-32-34-36-38-44(48)45-42(41-52-53(49,50)51-40-39-46(3,4)5)43(47)37-35-33-31-15-13-11-9-7-2/h17-18,20-21,42-43,47H,6-16,19,22-41H2,1-5H3,(H-,45,48,49,50)/p+1/b18-17-,21-20-. The molecule has 0 aromatic heterocycles. The van der Waals surface area contributed by atoms with Crippen LogP contribution in [0.1, 0.15) is 200 Å². The molecular weight excluding hydrogens is 683 g/mol. The van der Waals surface area contributed by atoms with Gasteiger partial charge in [-0.2, -0.15) is 0 Å². The predicted octanol–water partition coefficient (Wildman–Crippen LogP) is 12.1. The number of carbonyl (C=O) groups is 1. The van der Waals surface area contributed by atoms with E-state index in [1.807, 2.05) is 21.1 Å². The number of nitrogens with zero attached hydrogens (tertiary/aromatic N) is 1. The quantitative estimate of drug-likeness (QED) is 0.0248. The summed E-state index contributed by atoms with van der Waals surface area (Å²) in [5, 5.41) is 13.9. The second-order valence-corrected chi connectivity index (χ2v) is 17.9. The topological polar surface area (TPSA) is 105 Å². The Hall–Kier alpha value is -1.02. The van der Waals surface area contributed by atoms with Gasteiger partial charge in [0.15, 0.2) is 0 Å². The molecule has 3 unspecified atom stereocenters. The third kappa shape index (κ3) is 39.0. The summed E-state index contributed by atoms with van der Waals surface area (Å²) >= 11 is 0. The summed E-state index contributed by atoms with van der Waals surface area (Å²) < 4.78 is 23.5. The first kappa shape index (κ1) is 52.0. The van der Waals surface area contributed by atoms with Gasteiger partial charge in [-0.15, -0.1) is 0 Å². The Balaban J connectivity index is 4.15. The second-order valence-electron chi connectivity index (χ2n) is 16.4. The van der Waals surface area contributed by atoms with Crippen LogP contribution in [0.15, 0.2) is 24.3 Å². The van der Waals surface area contributed by atoms with E-state index in [-0.39, 0.29) is 19.1 Å². The van der Waals surface area contributed by atoms with Crippen molar-refractivity contribution in [1.29, 1.82) is 0 Å². The smallest absolute Gasteiger partial charge is 0.391 e. The molecule has 0 bridgehead atoms. The highest BCUT2D eigenvalue weighted by molar-refractivity contribution is 7.47. The largest absolute Gasteiger partial charge is 0.472 e. The lowest BCUT2D eigenvalue weighted by Crippen LogP contribution is -2.46. The molecule has 0 aliphatic rings. The van der Waals surface area contributed by atoms with Crippen LogP contribution >= 0.6 is 7.82 Å². The van der Waals surface area contributed by atoms with Crippen molar-refractivity contribution in [2.75, 3.05) is 40.9 Å². The number of quaternary nitrogens is 1. The van der Waals surface area contributed by atoms with Crippen molar-refractivity contribution in [3.05, 3.63) is 24.3 Å². The number of hydrogen-bond donors (Lipinski definition) is 3. The van der Waals surface area contributed by atoms with Crippen LogP contribution in [0, 0.1) is 0 Å². The summed E-state index contributed by atoms with van der Waals surface area (Å²) in [7, 11) is 1.61. The van der Waals surface area contributed by atoms with Crippen molar-refractivity contribution >= 4 is 13.7 Å². The molecule has 0 saturated carbocycles. The van der Waals surface area contributed by atoms with Crippen molar-refractivity contribution in [3.8, 4) is 0 Å². The number of aliphatic hydroxyl groups excluding tert-OH is 1. The number of nitrogens with one attached hydrogen (secondary N) is 1. The number of aliphatic hydroxyl groups is 1. The molecule has 1 amide bonds. The Bertz CT molecular complexity index is 922. The molecule has 9 heteroatoms. The molecule has 0 spiro atoms. The van der Waals surface area contributed by atoms with Gasteiger partial charge in [0.1, 0.15) is 13.2 Å². The average Bonchev–Trinajstić information content (AvgIpc) is 3.10. The Morgan fingerprint density at radius 1 is 0.642 bits per heavy atom. The van der Waals surface area contributed by atoms with Crippen LogP contribution in [0.4, 0.5) is 0 Å². The molecule has 8 nitrogen and oxygen atoms in total. The zero-order chi connectivity index (χ0) is 39.3. The highest BCUT2D eigenvalue weighted by atomic mass is 31.2. The lowest BCUT2D eigenvalue weighted by molar-refractivity contribution is -0.870. The average molecular weight is 772 g/mol. The number of allylic oxidation sites excluding steroid dienone is 4. The zero-order valence-corrected chi connectivity index (χ0v) is 36.4. The molecule has 3 atom stereocenters. The normalized spacial score (nSPS) is 14.6. The van der Waals surface area contributed by atoms with Crippen LogP contribution in [-0.4, -0.2) is 73.4 Å². The van der Waals surface area contributed by atoms with Gasteiger partial charge in [-0.05, 0) is 44.9 Å². The molecule has 0 rings (SSSR count). The van der Waals surface area contributed by atoms with Gasteiger partial charge in [-0.25, -0.2) is 4.57 Å². The van der Waals surface area contributed by atoms with E-state index < -0.39 is 20.0 Å². The Kier molecular flexibility index (Phi) is 35.9. The first-order valence-corrected chi connectivity index (χ1v) is 23.7. The highest BCUT2D eigenvalue weighted by Crippen LogP contribution is 2.43. The van der Waals surface area contributed by atoms with Gasteiger partial charge in [0.2, 0.25) is 5.91 Å². The Morgan fingerprint density at radius 3 is 1.55 bits per heavy atom. The van der Waals surface area contributed by atoms with E-state index >= 15 is 0 Å². The van der Waals surface area contributed by atoms with E-state index in [1.165, 1.54) is 128 Å². The zero-order valence-electron chi connectivity index (χ0n) is 35.5. The molecule has 0 aliphatic heterocycles. The molecule has 0 aromatic carbocycles. The third-order valence-corrected chi connectivity index (χ3v) is 10.9. The Morgan fingerprint density at radius 2 is 1.08 bits per heavy atom. The van der Waals surface area contributed by atoms with Gasteiger partial charge < -0.3 is 19.8 Å². The maximum absolute atomic E-state index is 12.8. The minimum Gasteiger partial charge on any atom is -0.391 e. The van der Waals surface area contributed by atoms with Crippen LogP contribution in [0.5, 0.6) is 0 Å². The molecule has 0 heterocycles. The summed E-state index contributed by atoms with van der Waals surface area (Å²) in [6.45, 7) is 4.84. The summed E-state index contributed by atoms with van der Waals surface area (Å²) in [4.78, 5) is 23.0. The second kappa shape index (κ2) is 36.6. The van der Waals surface area contributed by atoms with Crippen molar-refractivity contribution in [3.63, 3.8) is 0 Å². The number of unbranched alkanes of at least 4 members (excludes halogenated alkanes) is 23. The van der Waals surface area contributed by atoms with Crippen LogP contribution in [-0.2, 0) is 18.4 Å². The molecule has 314 valence electrons. The first-order valence-electron chi connectivity index (χ1n) is 22.2. The number of carbonyl (C=O) groups excluding carboxylic acids is 1. The molecule has 53 heavy (non-hydrogen) atoms. The van der Waals surface area contributed by atoms with Gasteiger partial charge in [0, 0.05) is 6.42 Å². The number of phosphoric acid groups is 1. The number of amides is 1. The van der Waals surface area contributed by atoms with Gasteiger partial charge in [-0.1, -0.05) is 173 Å². The molecule has 0 radical (unpaired) electrons. The van der Waals surface area contributed by atoms with Crippen molar-refractivity contribution < 1.29 is 32.9 Å². The highest BCUT2D eigenvalue weighted by Gasteiger charge is 2.28. The van der Waals surface area contributed by atoms with E-state index in [1.54, 1.807) is 0 Å². The van der Waals surface area contributed by atoms with Gasteiger partial charge in [0.25, 0.3) is 0 Å². The van der Waals surface area contributed by atoms with E-state index in [0.717, 1.165) is 44.9 Å². The Labute approximate surface area is 328 Å². The van der Waals surface area contributed by atoms with E-state index in [4.69, 9.17) is 9.05 Å². The lowest BCUT2D eigenvalue weighted by atomic mass is 10.0. The first-order chi connectivity index (χ1) is 25.5. The number of likely N-dealkylation sites (N-methyl/N-ethyl adjacent to an activating group) is 1. The van der Waals surface area contributed by atoms with Crippen molar-refractivity contribution in [1.82, 2.24) is 5.32 Å². The van der Waals surface area contributed by atoms with Gasteiger partial charge in [0.05, 0.1) is 39.9 Å². The fourth-order valence-electron chi connectivity index (χ4n) is 6.37. The summed E-state index contributed by atoms with van der Waals surface area (Å²) in [6.07, 6.45) is 42.2. The molecule has 3 N–H and O–H groups in total. The number of phosphoric ester groups is 1. The minimum atomic E-state index is -4.30. The summed E-state index contributed by atoms with van der Waals surface area (Å²) in [6, 6.07) is -0.757. The minimum absolute atomic E-state index is 0.0745. The fraction of sp³-hybridized carbons (Fsp3) is 0.886. The van der Waals surface area contributed by atoms with E-state index in [2.05, 4.69) is 43.5 Å². The predicted molar refractivity (Wildman–Crippen MR) is 226 cm³/mol. The maximum atomic E-state index is 12.8. The molecule has 0 fully saturated rings. The number of hydrogen-bond acceptors (Lipinski definition) is 5. The van der Waals surface area contributed by atoms with Crippen LogP contribution in [0.2, 0.25) is 0 Å². The SMILES string of the molecule is CCCCCCC/C=C\C/C=C\CCCCCCCCCCCCCC(=O)NC(COP(=O)(O)OCC[N+](C)(C)C)C(O)CCCCCCCCCC. The summed E-state index contributed by atoms with van der Waals surface area (Å²) in [5.74, 6) is -0.150. The van der Waals surface area contributed by atoms with Crippen molar-refractivity contribution in [2.24, 2.45) is 0 Å².